The Morgan fingerprint density at radius 1 is 1.15 bits per heavy atom. The number of fused-ring (bicyclic) bond motifs is 1. The number of aromatic amines is 1. The zero-order valence-electron chi connectivity index (χ0n) is 18.6. The molecule has 0 bridgehead atoms. The van der Waals surface area contributed by atoms with E-state index >= 15 is 0 Å². The molecular formula is C25H23F2N5O2. The summed E-state index contributed by atoms with van der Waals surface area (Å²) in [6.07, 6.45) is 3.73. The molecule has 0 spiro atoms. The van der Waals surface area contributed by atoms with Gasteiger partial charge in [0.15, 0.2) is 17.4 Å². The number of hydrazone groups is 1. The van der Waals surface area contributed by atoms with Crippen LogP contribution >= 0.6 is 0 Å². The van der Waals surface area contributed by atoms with Gasteiger partial charge in [0.05, 0.1) is 42.9 Å². The molecule has 9 heteroatoms. The number of ether oxygens (including phenoxy) is 1. The summed E-state index contributed by atoms with van der Waals surface area (Å²) in [6.45, 7) is 3.61. The summed E-state index contributed by atoms with van der Waals surface area (Å²) in [7, 11) is 0. The van der Waals surface area contributed by atoms with Crippen LogP contribution in [0.1, 0.15) is 36.9 Å². The Kier molecular flexibility index (Phi) is 6.07. The van der Waals surface area contributed by atoms with Gasteiger partial charge in [0.1, 0.15) is 17.3 Å². The highest BCUT2D eigenvalue weighted by Gasteiger charge is 2.21. The lowest BCUT2D eigenvalue weighted by Gasteiger charge is -2.19. The van der Waals surface area contributed by atoms with E-state index in [0.29, 0.717) is 36.8 Å². The highest BCUT2D eigenvalue weighted by atomic mass is 19.2. The molecule has 1 aliphatic rings. The molecule has 3 heterocycles. The van der Waals surface area contributed by atoms with Crippen LogP contribution in [0.3, 0.4) is 0 Å². The van der Waals surface area contributed by atoms with Crippen molar-refractivity contribution in [1.29, 1.82) is 0 Å². The summed E-state index contributed by atoms with van der Waals surface area (Å²) < 4.78 is 38.9. The molecule has 0 unspecified atom stereocenters. The number of hydrogen-bond donors (Lipinski definition) is 1. The summed E-state index contributed by atoms with van der Waals surface area (Å²) >= 11 is 0. The molecule has 34 heavy (non-hydrogen) atoms. The minimum atomic E-state index is -0.933. The van der Waals surface area contributed by atoms with Gasteiger partial charge < -0.3 is 14.2 Å². The minimum Gasteiger partial charge on any atom is -0.494 e. The zero-order chi connectivity index (χ0) is 23.5. The maximum Gasteiger partial charge on any atom is 0.169 e. The maximum absolute atomic E-state index is 14.1. The molecule has 0 saturated carbocycles. The SMILES string of the molecule is CCCCOc1ccc(-c2cc(CN3Cc4nc(-c5cccc(F)c5F)[nH]c4C=N3)on2)cc1. The summed E-state index contributed by atoms with van der Waals surface area (Å²) in [4.78, 5) is 7.46. The lowest BCUT2D eigenvalue weighted by atomic mass is 10.1. The number of nitrogens with one attached hydrogen (secondary N) is 1. The van der Waals surface area contributed by atoms with E-state index in [4.69, 9.17) is 9.26 Å². The number of aromatic nitrogens is 3. The van der Waals surface area contributed by atoms with Gasteiger partial charge in [0.25, 0.3) is 0 Å². The van der Waals surface area contributed by atoms with Gasteiger partial charge in [-0.2, -0.15) is 5.10 Å². The predicted molar refractivity (Wildman–Crippen MR) is 123 cm³/mol. The fourth-order valence-corrected chi connectivity index (χ4v) is 3.67. The van der Waals surface area contributed by atoms with E-state index in [1.807, 2.05) is 30.3 Å². The molecule has 2 aromatic heterocycles. The third-order valence-corrected chi connectivity index (χ3v) is 5.51. The Bertz CT molecular complexity index is 1310. The van der Waals surface area contributed by atoms with Gasteiger partial charge in [0, 0.05) is 11.6 Å². The normalized spacial score (nSPS) is 12.7. The Labute approximate surface area is 195 Å². The molecule has 4 aromatic rings. The van der Waals surface area contributed by atoms with Crippen molar-refractivity contribution in [3.63, 3.8) is 0 Å². The van der Waals surface area contributed by atoms with Crippen LogP contribution in [0.5, 0.6) is 5.75 Å². The summed E-state index contributed by atoms with van der Waals surface area (Å²) in [5, 5.41) is 10.3. The number of unbranched alkanes of at least 4 members (excludes halogenated alkanes) is 1. The van der Waals surface area contributed by atoms with Crippen molar-refractivity contribution in [2.75, 3.05) is 6.61 Å². The maximum atomic E-state index is 14.1. The lowest BCUT2D eigenvalue weighted by molar-refractivity contribution is 0.229. The standard InChI is InChI=1S/C25H23F2N5O2/c1-2-3-11-33-17-9-7-16(8-10-17)21-12-18(34-31-21)14-32-15-23-22(13-28-32)29-25(30-23)19-5-4-6-20(26)24(19)27/h4-10,12-13H,2-3,11,14-15H2,1H3,(H,29,30). The monoisotopic (exact) mass is 463 g/mol. The summed E-state index contributed by atoms with van der Waals surface area (Å²) in [5.41, 5.74) is 3.08. The van der Waals surface area contributed by atoms with Crippen LogP contribution in [0.15, 0.2) is 58.2 Å². The van der Waals surface area contributed by atoms with Gasteiger partial charge in [-0.1, -0.05) is 24.6 Å². The molecular weight excluding hydrogens is 440 g/mol. The minimum absolute atomic E-state index is 0.0796. The first-order chi connectivity index (χ1) is 16.6. The molecule has 1 aliphatic heterocycles. The smallest absolute Gasteiger partial charge is 0.169 e. The molecule has 2 aromatic carbocycles. The molecule has 1 N–H and O–H groups in total. The number of imidazole rings is 1. The Hall–Kier alpha value is -4.01. The molecule has 5 rings (SSSR count). The van der Waals surface area contributed by atoms with Crippen LogP contribution in [0, 0.1) is 11.6 Å². The zero-order valence-corrected chi connectivity index (χ0v) is 18.6. The predicted octanol–water partition coefficient (Wildman–Crippen LogP) is 5.54. The van der Waals surface area contributed by atoms with Crippen molar-refractivity contribution in [2.24, 2.45) is 5.10 Å². The molecule has 0 aliphatic carbocycles. The van der Waals surface area contributed by atoms with Crippen molar-refractivity contribution in [3.05, 3.63) is 77.3 Å². The summed E-state index contributed by atoms with van der Waals surface area (Å²) in [6, 6.07) is 13.6. The van der Waals surface area contributed by atoms with E-state index in [0.717, 1.165) is 35.9 Å². The van der Waals surface area contributed by atoms with E-state index in [1.54, 1.807) is 11.2 Å². The third-order valence-electron chi connectivity index (χ3n) is 5.51. The second-order valence-electron chi connectivity index (χ2n) is 8.02. The van der Waals surface area contributed by atoms with E-state index in [-0.39, 0.29) is 11.4 Å². The van der Waals surface area contributed by atoms with Crippen molar-refractivity contribution in [3.8, 4) is 28.4 Å². The van der Waals surface area contributed by atoms with Crippen molar-refractivity contribution >= 4 is 6.21 Å². The van der Waals surface area contributed by atoms with E-state index < -0.39 is 11.6 Å². The van der Waals surface area contributed by atoms with Gasteiger partial charge >= 0.3 is 0 Å². The van der Waals surface area contributed by atoms with Crippen molar-refractivity contribution in [1.82, 2.24) is 20.1 Å². The van der Waals surface area contributed by atoms with Gasteiger partial charge in [-0.15, -0.1) is 0 Å². The quantitative estimate of drug-likeness (QED) is 0.347. The molecule has 0 radical (unpaired) electrons. The van der Waals surface area contributed by atoms with Gasteiger partial charge in [-0.3, -0.25) is 5.01 Å². The number of hydrogen-bond acceptors (Lipinski definition) is 6. The number of benzene rings is 2. The molecule has 0 saturated heterocycles. The molecule has 174 valence electrons. The van der Waals surface area contributed by atoms with Crippen molar-refractivity contribution < 1.29 is 18.0 Å². The van der Waals surface area contributed by atoms with Crippen LogP contribution in [-0.4, -0.2) is 33.0 Å². The second-order valence-corrected chi connectivity index (χ2v) is 8.02. The largest absolute Gasteiger partial charge is 0.494 e. The first-order valence-electron chi connectivity index (χ1n) is 11.1. The van der Waals surface area contributed by atoms with Gasteiger partial charge in [-0.25, -0.2) is 13.8 Å². The molecule has 0 atom stereocenters. The van der Waals surface area contributed by atoms with Crippen LogP contribution in [0.25, 0.3) is 22.6 Å². The number of halogens is 2. The van der Waals surface area contributed by atoms with E-state index in [9.17, 15) is 8.78 Å². The second kappa shape index (κ2) is 9.46. The van der Waals surface area contributed by atoms with Crippen LogP contribution in [0.4, 0.5) is 8.78 Å². The average Bonchev–Trinajstić information content (AvgIpc) is 3.48. The Balaban J connectivity index is 1.24. The van der Waals surface area contributed by atoms with E-state index in [2.05, 4.69) is 27.1 Å². The van der Waals surface area contributed by atoms with Crippen LogP contribution in [0.2, 0.25) is 0 Å². The number of nitrogens with zero attached hydrogens (tertiary/aromatic N) is 4. The topological polar surface area (TPSA) is 79.5 Å². The fourth-order valence-electron chi connectivity index (χ4n) is 3.67. The summed E-state index contributed by atoms with van der Waals surface area (Å²) in [5.74, 6) is -0.111. The average molecular weight is 463 g/mol. The number of H-pyrrole nitrogens is 1. The first-order valence-corrected chi connectivity index (χ1v) is 11.1. The lowest BCUT2D eigenvalue weighted by Crippen LogP contribution is -2.21. The number of rotatable bonds is 8. The molecule has 7 nitrogen and oxygen atoms in total. The van der Waals surface area contributed by atoms with Crippen LogP contribution in [-0.2, 0) is 13.1 Å². The third kappa shape index (κ3) is 4.54. The molecule has 0 amide bonds. The first kappa shape index (κ1) is 21.8. The fraction of sp³-hybridized carbons (Fsp3) is 0.240. The van der Waals surface area contributed by atoms with Crippen molar-refractivity contribution in [2.45, 2.75) is 32.9 Å². The van der Waals surface area contributed by atoms with Gasteiger partial charge in [-0.05, 0) is 42.8 Å². The highest BCUT2D eigenvalue weighted by Crippen LogP contribution is 2.26. The van der Waals surface area contributed by atoms with Crippen LogP contribution < -0.4 is 4.74 Å². The van der Waals surface area contributed by atoms with Gasteiger partial charge in [0.2, 0.25) is 0 Å². The van der Waals surface area contributed by atoms with E-state index in [1.165, 1.54) is 12.1 Å². The Morgan fingerprint density at radius 2 is 2.00 bits per heavy atom. The molecule has 0 fully saturated rings. The highest BCUT2D eigenvalue weighted by molar-refractivity contribution is 5.80. The Morgan fingerprint density at radius 3 is 2.82 bits per heavy atom.